The van der Waals surface area contributed by atoms with Crippen molar-refractivity contribution in [2.24, 2.45) is 5.84 Å². The first kappa shape index (κ1) is 15.0. The normalized spacial score (nSPS) is 10.2. The number of carbonyl (C=O) groups is 1. The Bertz CT molecular complexity index is 595. The maximum absolute atomic E-state index is 12.2. The van der Waals surface area contributed by atoms with Crippen LogP contribution >= 0.6 is 0 Å². The lowest BCUT2D eigenvalue weighted by Crippen LogP contribution is -2.18. The molecule has 0 saturated carbocycles. The van der Waals surface area contributed by atoms with Crippen LogP contribution in [0.15, 0.2) is 42.6 Å². The number of hydrazine groups is 1. The van der Waals surface area contributed by atoms with E-state index in [1.54, 1.807) is 18.3 Å². The van der Waals surface area contributed by atoms with E-state index in [0.29, 0.717) is 11.4 Å². The number of anilines is 2. The van der Waals surface area contributed by atoms with E-state index < -0.39 is 0 Å². The topological polar surface area (TPSA) is 80.0 Å². The van der Waals surface area contributed by atoms with Crippen molar-refractivity contribution < 1.29 is 4.79 Å². The van der Waals surface area contributed by atoms with Crippen LogP contribution in [0, 0.1) is 0 Å². The Kier molecular flexibility index (Phi) is 5.29. The number of pyridine rings is 1. The summed E-state index contributed by atoms with van der Waals surface area (Å²) in [5.74, 6) is 5.47. The number of hydrogen-bond acceptors (Lipinski definition) is 4. The number of benzene rings is 1. The van der Waals surface area contributed by atoms with E-state index in [1.165, 1.54) is 18.4 Å². The Morgan fingerprint density at radius 1 is 1.24 bits per heavy atom. The molecule has 0 atom stereocenters. The molecule has 5 nitrogen and oxygen atoms in total. The highest BCUT2D eigenvalue weighted by molar-refractivity contribution is 6.07. The maximum Gasteiger partial charge on any atom is 0.259 e. The molecule has 1 amide bonds. The first-order valence-electron chi connectivity index (χ1n) is 7.06. The highest BCUT2D eigenvalue weighted by atomic mass is 16.1. The average molecular weight is 284 g/mol. The Hall–Kier alpha value is -2.40. The van der Waals surface area contributed by atoms with Gasteiger partial charge in [-0.2, -0.15) is 0 Å². The summed E-state index contributed by atoms with van der Waals surface area (Å²) in [4.78, 5) is 16.2. The number of nitrogens with two attached hydrogens (primary N) is 1. The first-order valence-corrected chi connectivity index (χ1v) is 7.06. The minimum atomic E-state index is -0.239. The molecule has 0 spiro atoms. The molecule has 0 unspecified atom stereocenters. The summed E-state index contributed by atoms with van der Waals surface area (Å²) in [5.41, 5.74) is 4.87. The highest BCUT2D eigenvalue weighted by Gasteiger charge is 2.11. The molecule has 0 aliphatic heterocycles. The summed E-state index contributed by atoms with van der Waals surface area (Å²) in [6, 6.07) is 11.3. The third-order valence-electron chi connectivity index (χ3n) is 3.22. The van der Waals surface area contributed by atoms with Gasteiger partial charge in [-0.1, -0.05) is 25.5 Å². The molecule has 1 aromatic carbocycles. The van der Waals surface area contributed by atoms with Gasteiger partial charge in [-0.05, 0) is 42.7 Å². The smallest absolute Gasteiger partial charge is 0.259 e. The van der Waals surface area contributed by atoms with Crippen molar-refractivity contribution in [3.63, 3.8) is 0 Å². The maximum atomic E-state index is 12.2. The minimum absolute atomic E-state index is 0.239. The van der Waals surface area contributed by atoms with Gasteiger partial charge in [-0.3, -0.25) is 4.79 Å². The van der Waals surface area contributed by atoms with Gasteiger partial charge in [0.05, 0.1) is 5.56 Å². The molecule has 0 radical (unpaired) electrons. The first-order chi connectivity index (χ1) is 10.2. The van der Waals surface area contributed by atoms with Crippen molar-refractivity contribution in [1.82, 2.24) is 4.98 Å². The molecule has 0 saturated heterocycles. The lowest BCUT2D eigenvalue weighted by atomic mass is 10.1. The van der Waals surface area contributed by atoms with E-state index in [-0.39, 0.29) is 5.91 Å². The summed E-state index contributed by atoms with van der Waals surface area (Å²) >= 11 is 0. The van der Waals surface area contributed by atoms with Crippen LogP contribution in [-0.2, 0) is 6.42 Å². The molecule has 0 aliphatic rings. The zero-order valence-corrected chi connectivity index (χ0v) is 12.1. The molecule has 4 N–H and O–H groups in total. The van der Waals surface area contributed by atoms with Gasteiger partial charge in [-0.25, -0.2) is 10.8 Å². The van der Waals surface area contributed by atoms with Crippen molar-refractivity contribution in [2.75, 3.05) is 10.7 Å². The molecule has 0 bridgehead atoms. The van der Waals surface area contributed by atoms with Crippen molar-refractivity contribution in [1.29, 1.82) is 0 Å². The van der Waals surface area contributed by atoms with Gasteiger partial charge < -0.3 is 10.7 Å². The van der Waals surface area contributed by atoms with Gasteiger partial charge in [0.1, 0.15) is 0 Å². The molecule has 2 rings (SSSR count). The zero-order chi connectivity index (χ0) is 15.1. The van der Waals surface area contributed by atoms with Crippen LogP contribution in [-0.4, -0.2) is 10.9 Å². The number of amides is 1. The molecule has 21 heavy (non-hydrogen) atoms. The molecule has 1 heterocycles. The molecule has 5 heteroatoms. The Morgan fingerprint density at radius 3 is 2.67 bits per heavy atom. The Balaban J connectivity index is 2.05. The van der Waals surface area contributed by atoms with Gasteiger partial charge in [0.15, 0.2) is 5.82 Å². The summed E-state index contributed by atoms with van der Waals surface area (Å²) in [7, 11) is 0. The van der Waals surface area contributed by atoms with Gasteiger partial charge in [0.2, 0.25) is 0 Å². The van der Waals surface area contributed by atoms with E-state index in [0.717, 1.165) is 12.1 Å². The van der Waals surface area contributed by atoms with Crippen LogP contribution in [0.2, 0.25) is 0 Å². The van der Waals surface area contributed by atoms with Gasteiger partial charge in [-0.15, -0.1) is 0 Å². The second-order valence-electron chi connectivity index (χ2n) is 4.80. The molecular formula is C16H20N4O. The fourth-order valence-corrected chi connectivity index (χ4v) is 2.04. The summed E-state index contributed by atoms with van der Waals surface area (Å²) < 4.78 is 0. The highest BCUT2D eigenvalue weighted by Crippen LogP contribution is 2.15. The van der Waals surface area contributed by atoms with Crippen molar-refractivity contribution in [3.8, 4) is 0 Å². The van der Waals surface area contributed by atoms with Crippen LogP contribution in [0.1, 0.15) is 35.7 Å². The van der Waals surface area contributed by atoms with Gasteiger partial charge in [0.25, 0.3) is 5.91 Å². The van der Waals surface area contributed by atoms with E-state index in [2.05, 4.69) is 22.7 Å². The monoisotopic (exact) mass is 284 g/mol. The van der Waals surface area contributed by atoms with Crippen molar-refractivity contribution >= 4 is 17.4 Å². The average Bonchev–Trinajstić information content (AvgIpc) is 2.54. The Labute approximate surface area is 124 Å². The van der Waals surface area contributed by atoms with Crippen molar-refractivity contribution in [3.05, 3.63) is 53.7 Å². The number of aromatic nitrogens is 1. The summed E-state index contributed by atoms with van der Waals surface area (Å²) in [6.07, 6.45) is 4.99. The molecule has 0 fully saturated rings. The number of nitrogens with one attached hydrogen (secondary N) is 2. The summed E-state index contributed by atoms with van der Waals surface area (Å²) in [5, 5.41) is 2.84. The third-order valence-corrected chi connectivity index (χ3v) is 3.22. The molecule has 0 aliphatic carbocycles. The Morgan fingerprint density at radius 2 is 2.00 bits per heavy atom. The second kappa shape index (κ2) is 7.40. The number of hydrogen-bond donors (Lipinski definition) is 3. The van der Waals surface area contributed by atoms with Crippen LogP contribution in [0.25, 0.3) is 0 Å². The number of carbonyl (C=O) groups excluding carboxylic acids is 1. The van der Waals surface area contributed by atoms with Crippen LogP contribution in [0.3, 0.4) is 0 Å². The van der Waals surface area contributed by atoms with Crippen LogP contribution < -0.4 is 16.6 Å². The molecular weight excluding hydrogens is 264 g/mol. The van der Waals surface area contributed by atoms with E-state index in [1.807, 2.05) is 24.3 Å². The predicted molar refractivity (Wildman–Crippen MR) is 85.1 cm³/mol. The minimum Gasteiger partial charge on any atom is -0.322 e. The van der Waals surface area contributed by atoms with Crippen LogP contribution in [0.5, 0.6) is 0 Å². The number of rotatable bonds is 6. The lowest BCUT2D eigenvalue weighted by molar-refractivity contribution is 0.102. The fraction of sp³-hybridized carbons (Fsp3) is 0.250. The molecule has 2 aromatic rings. The second-order valence-corrected chi connectivity index (χ2v) is 4.80. The summed E-state index contributed by atoms with van der Waals surface area (Å²) in [6.45, 7) is 2.17. The fourth-order valence-electron chi connectivity index (χ4n) is 2.04. The van der Waals surface area contributed by atoms with E-state index >= 15 is 0 Å². The largest absolute Gasteiger partial charge is 0.322 e. The SMILES string of the molecule is CCCCc1ccc(NC(=O)c2cccnc2NN)cc1. The van der Waals surface area contributed by atoms with Gasteiger partial charge in [0, 0.05) is 11.9 Å². The lowest BCUT2D eigenvalue weighted by Gasteiger charge is -2.09. The van der Waals surface area contributed by atoms with E-state index in [4.69, 9.17) is 5.84 Å². The number of unbranched alkanes of at least 4 members (excludes halogenated alkanes) is 1. The van der Waals surface area contributed by atoms with Crippen LogP contribution in [0.4, 0.5) is 11.5 Å². The molecule has 1 aromatic heterocycles. The standard InChI is InChI=1S/C16H20N4O/c1-2-3-5-12-7-9-13(10-8-12)19-16(21)14-6-4-11-18-15(14)20-17/h4,6-11H,2-3,5,17H2,1H3,(H,18,20)(H,19,21). The number of nitrogens with zero attached hydrogens (tertiary/aromatic N) is 1. The zero-order valence-electron chi connectivity index (χ0n) is 12.1. The number of aryl methyl sites for hydroxylation is 1. The third kappa shape index (κ3) is 4.03. The number of nitrogen functional groups attached to an aromatic ring is 1. The quantitative estimate of drug-likeness (QED) is 0.563. The van der Waals surface area contributed by atoms with Gasteiger partial charge >= 0.3 is 0 Å². The van der Waals surface area contributed by atoms with E-state index in [9.17, 15) is 4.79 Å². The predicted octanol–water partition coefficient (Wildman–Crippen LogP) is 2.96. The molecule has 110 valence electrons. The van der Waals surface area contributed by atoms with Crippen molar-refractivity contribution in [2.45, 2.75) is 26.2 Å².